The standard InChI is InChI=1S/C26H34N4O3.H2S/c1-18(20-6-5-7-22-25(20)33-13-12-32-22)16-27-23-14-21(28-17-29-23)19-8-10-30(11-9-19)24(31)15-26(2,3)4;/h5-8,14,17-18H,9-13,15-16H2,1-4H3,(H,27,28,29);1H2/t18-;/m1./s1. The number of hydrogen-bond donors (Lipinski definition) is 1. The van der Waals surface area contributed by atoms with Gasteiger partial charge in [0.1, 0.15) is 25.4 Å². The van der Waals surface area contributed by atoms with Gasteiger partial charge in [-0.15, -0.1) is 0 Å². The number of ether oxygens (including phenoxy) is 2. The van der Waals surface area contributed by atoms with Gasteiger partial charge in [0.25, 0.3) is 0 Å². The Bertz CT molecular complexity index is 1030. The number of benzene rings is 1. The Kier molecular flexibility index (Phi) is 8.47. The molecule has 0 spiro atoms. The maximum atomic E-state index is 12.5. The van der Waals surface area contributed by atoms with E-state index in [4.69, 9.17) is 9.47 Å². The highest BCUT2D eigenvalue weighted by Gasteiger charge is 2.23. The molecule has 1 atom stereocenters. The van der Waals surface area contributed by atoms with Gasteiger partial charge in [-0.05, 0) is 23.5 Å². The number of nitrogens with zero attached hydrogens (tertiary/aromatic N) is 3. The fraction of sp³-hybridized carbons (Fsp3) is 0.500. The van der Waals surface area contributed by atoms with Gasteiger partial charge in [0.05, 0.1) is 5.69 Å². The van der Waals surface area contributed by atoms with Crippen LogP contribution in [0.5, 0.6) is 11.5 Å². The van der Waals surface area contributed by atoms with Gasteiger partial charge in [0.2, 0.25) is 5.91 Å². The molecule has 1 aromatic heterocycles. The van der Waals surface area contributed by atoms with E-state index in [2.05, 4.69) is 55.1 Å². The zero-order valence-electron chi connectivity index (χ0n) is 20.6. The molecule has 1 aromatic carbocycles. The molecule has 0 saturated heterocycles. The number of hydrogen-bond acceptors (Lipinski definition) is 6. The van der Waals surface area contributed by atoms with Crippen molar-refractivity contribution in [3.8, 4) is 11.5 Å². The minimum Gasteiger partial charge on any atom is -0.486 e. The highest BCUT2D eigenvalue weighted by molar-refractivity contribution is 7.59. The largest absolute Gasteiger partial charge is 0.486 e. The molecule has 2 aliphatic rings. The maximum Gasteiger partial charge on any atom is 0.223 e. The third-order valence-electron chi connectivity index (χ3n) is 5.96. The SMILES string of the molecule is C[C@H](CNc1cc(C2=CCN(C(=O)CC(C)(C)C)CC2)ncn1)c1cccc2c1OCCO2.S. The lowest BCUT2D eigenvalue weighted by Gasteiger charge is -2.29. The van der Waals surface area contributed by atoms with Crippen molar-refractivity contribution in [2.75, 3.05) is 38.2 Å². The van der Waals surface area contributed by atoms with Crippen molar-refractivity contribution in [3.63, 3.8) is 0 Å². The minimum absolute atomic E-state index is 0. The monoisotopic (exact) mass is 484 g/mol. The van der Waals surface area contributed by atoms with E-state index >= 15 is 0 Å². The average molecular weight is 485 g/mol. The molecule has 0 unspecified atom stereocenters. The number of fused-ring (bicyclic) bond motifs is 1. The normalized spacial score (nSPS) is 16.2. The third kappa shape index (κ3) is 6.44. The summed E-state index contributed by atoms with van der Waals surface area (Å²) in [6.07, 6.45) is 5.09. The number of carbonyl (C=O) groups excluding carboxylic acids is 1. The van der Waals surface area contributed by atoms with Crippen LogP contribution in [-0.2, 0) is 4.79 Å². The molecule has 3 heterocycles. The number of anilines is 1. The zero-order valence-corrected chi connectivity index (χ0v) is 21.6. The molecule has 2 aliphatic heterocycles. The van der Waals surface area contributed by atoms with Gasteiger partial charge >= 0.3 is 0 Å². The van der Waals surface area contributed by atoms with Crippen molar-refractivity contribution >= 4 is 30.8 Å². The van der Waals surface area contributed by atoms with Gasteiger partial charge in [-0.3, -0.25) is 4.79 Å². The first kappa shape index (κ1) is 25.9. The summed E-state index contributed by atoms with van der Waals surface area (Å²) in [4.78, 5) is 23.3. The first-order chi connectivity index (χ1) is 15.8. The Morgan fingerprint density at radius 2 is 2.00 bits per heavy atom. The summed E-state index contributed by atoms with van der Waals surface area (Å²) in [5, 5.41) is 3.44. The molecule has 0 aliphatic carbocycles. The van der Waals surface area contributed by atoms with E-state index in [1.165, 1.54) is 0 Å². The average Bonchev–Trinajstić information content (AvgIpc) is 2.81. The van der Waals surface area contributed by atoms with Gasteiger partial charge in [-0.1, -0.05) is 45.9 Å². The van der Waals surface area contributed by atoms with E-state index in [0.29, 0.717) is 32.7 Å². The molecule has 4 rings (SSSR count). The molecule has 8 heteroatoms. The van der Waals surface area contributed by atoms with E-state index < -0.39 is 0 Å². The number of carbonyl (C=O) groups is 1. The van der Waals surface area contributed by atoms with Gasteiger partial charge in [-0.2, -0.15) is 13.5 Å². The van der Waals surface area contributed by atoms with Crippen LogP contribution in [0.25, 0.3) is 5.57 Å². The topological polar surface area (TPSA) is 76.6 Å². The van der Waals surface area contributed by atoms with E-state index in [9.17, 15) is 4.79 Å². The Morgan fingerprint density at radius 3 is 2.74 bits per heavy atom. The predicted octanol–water partition coefficient (Wildman–Crippen LogP) is 4.63. The molecule has 184 valence electrons. The lowest BCUT2D eigenvalue weighted by Crippen LogP contribution is -2.36. The minimum atomic E-state index is 0. The second-order valence-electron chi connectivity index (χ2n) is 10.00. The van der Waals surface area contributed by atoms with Gasteiger partial charge < -0.3 is 19.7 Å². The predicted molar refractivity (Wildman–Crippen MR) is 140 cm³/mol. The molecule has 1 N–H and O–H groups in total. The van der Waals surface area contributed by atoms with Crippen LogP contribution < -0.4 is 14.8 Å². The fourth-order valence-corrected chi connectivity index (χ4v) is 4.18. The first-order valence-corrected chi connectivity index (χ1v) is 11.7. The Labute approximate surface area is 209 Å². The second-order valence-corrected chi connectivity index (χ2v) is 10.00. The van der Waals surface area contributed by atoms with Crippen LogP contribution in [0.15, 0.2) is 36.7 Å². The lowest BCUT2D eigenvalue weighted by atomic mass is 9.91. The molecule has 0 fully saturated rings. The molecular formula is C26H36N4O3S. The molecule has 7 nitrogen and oxygen atoms in total. The van der Waals surface area contributed by atoms with E-state index in [-0.39, 0.29) is 30.7 Å². The van der Waals surface area contributed by atoms with Crippen molar-refractivity contribution in [2.45, 2.75) is 46.5 Å². The smallest absolute Gasteiger partial charge is 0.223 e. The summed E-state index contributed by atoms with van der Waals surface area (Å²) in [5.41, 5.74) is 3.21. The van der Waals surface area contributed by atoms with Gasteiger partial charge in [0.15, 0.2) is 11.5 Å². The molecule has 0 saturated carbocycles. The molecule has 2 aromatic rings. The van der Waals surface area contributed by atoms with Crippen LogP contribution in [0, 0.1) is 5.41 Å². The van der Waals surface area contributed by atoms with Crippen molar-refractivity contribution in [1.82, 2.24) is 14.9 Å². The lowest BCUT2D eigenvalue weighted by molar-refractivity contribution is -0.132. The Hall–Kier alpha value is -2.74. The first-order valence-electron chi connectivity index (χ1n) is 11.7. The summed E-state index contributed by atoms with van der Waals surface area (Å²) in [6, 6.07) is 8.04. The summed E-state index contributed by atoms with van der Waals surface area (Å²) < 4.78 is 11.6. The number of amides is 1. The summed E-state index contributed by atoms with van der Waals surface area (Å²) in [6.45, 7) is 11.7. The van der Waals surface area contributed by atoms with Crippen LogP contribution >= 0.6 is 13.5 Å². The zero-order chi connectivity index (χ0) is 23.4. The third-order valence-corrected chi connectivity index (χ3v) is 5.96. The van der Waals surface area contributed by atoms with Gasteiger partial charge in [-0.25, -0.2) is 9.97 Å². The van der Waals surface area contributed by atoms with Crippen LogP contribution in [0.3, 0.4) is 0 Å². The highest BCUT2D eigenvalue weighted by atomic mass is 32.1. The number of nitrogens with one attached hydrogen (secondary N) is 1. The van der Waals surface area contributed by atoms with Gasteiger partial charge in [0, 0.05) is 43.6 Å². The summed E-state index contributed by atoms with van der Waals surface area (Å²) in [5.74, 6) is 2.89. The summed E-state index contributed by atoms with van der Waals surface area (Å²) >= 11 is 0. The Morgan fingerprint density at radius 1 is 1.21 bits per heavy atom. The van der Waals surface area contributed by atoms with Crippen molar-refractivity contribution in [2.24, 2.45) is 5.41 Å². The molecule has 1 amide bonds. The molecule has 0 bridgehead atoms. The van der Waals surface area contributed by atoms with Crippen molar-refractivity contribution in [1.29, 1.82) is 0 Å². The highest BCUT2D eigenvalue weighted by Crippen LogP contribution is 2.37. The van der Waals surface area contributed by atoms with Crippen molar-refractivity contribution in [3.05, 3.63) is 47.9 Å². The van der Waals surface area contributed by atoms with Crippen LogP contribution in [0.4, 0.5) is 5.82 Å². The van der Waals surface area contributed by atoms with Crippen LogP contribution in [-0.4, -0.2) is 53.6 Å². The van der Waals surface area contributed by atoms with Crippen LogP contribution in [0.2, 0.25) is 0 Å². The van der Waals surface area contributed by atoms with E-state index in [0.717, 1.165) is 47.1 Å². The number of para-hydroxylation sites is 1. The Balaban J connectivity index is 0.00000324. The van der Waals surface area contributed by atoms with E-state index in [1.807, 2.05) is 23.1 Å². The summed E-state index contributed by atoms with van der Waals surface area (Å²) in [7, 11) is 0. The number of rotatable bonds is 6. The molecule has 34 heavy (non-hydrogen) atoms. The second kappa shape index (κ2) is 11.1. The fourth-order valence-electron chi connectivity index (χ4n) is 4.18. The molecular weight excluding hydrogens is 448 g/mol. The van der Waals surface area contributed by atoms with Crippen molar-refractivity contribution < 1.29 is 14.3 Å². The maximum absolute atomic E-state index is 12.5. The number of aromatic nitrogens is 2. The molecule has 0 radical (unpaired) electrons. The van der Waals surface area contributed by atoms with Crippen LogP contribution in [0.1, 0.15) is 57.7 Å². The quantitative estimate of drug-likeness (QED) is 0.644. The van der Waals surface area contributed by atoms with E-state index in [1.54, 1.807) is 6.33 Å².